The fourth-order valence-electron chi connectivity index (χ4n) is 2.72. The summed E-state index contributed by atoms with van der Waals surface area (Å²) in [6.45, 7) is 6.35. The van der Waals surface area contributed by atoms with Crippen LogP contribution >= 0.6 is 0 Å². The van der Waals surface area contributed by atoms with Crippen LogP contribution in [0, 0.1) is 11.7 Å². The van der Waals surface area contributed by atoms with Gasteiger partial charge >= 0.3 is 0 Å². The molecule has 2 atom stereocenters. The summed E-state index contributed by atoms with van der Waals surface area (Å²) < 4.78 is 12.8. The molecule has 2 rings (SSSR count). The highest BCUT2D eigenvalue weighted by atomic mass is 19.1. The molecule has 1 aliphatic heterocycles. The first kappa shape index (κ1) is 13.2. The number of hydrogen-bond donors (Lipinski definition) is 0. The van der Waals surface area contributed by atoms with Gasteiger partial charge in [0.25, 0.3) is 0 Å². The van der Waals surface area contributed by atoms with E-state index in [-0.39, 0.29) is 11.6 Å². The quantitative estimate of drug-likeness (QED) is 0.764. The number of carbonyl (C=O) groups is 1. The van der Waals surface area contributed by atoms with Crippen LogP contribution in [0.2, 0.25) is 0 Å². The predicted molar refractivity (Wildman–Crippen MR) is 70.2 cm³/mol. The fraction of sp³-hybridized carbons (Fsp3) is 0.533. The molecule has 0 amide bonds. The maximum absolute atomic E-state index is 12.8. The highest BCUT2D eigenvalue weighted by molar-refractivity contribution is 5.96. The van der Waals surface area contributed by atoms with Crippen molar-refractivity contribution in [1.29, 1.82) is 0 Å². The summed E-state index contributed by atoms with van der Waals surface area (Å²) in [5, 5.41) is 0. The lowest BCUT2D eigenvalue weighted by atomic mass is 10.1. The van der Waals surface area contributed by atoms with Crippen molar-refractivity contribution in [2.24, 2.45) is 5.92 Å². The fourth-order valence-corrected chi connectivity index (χ4v) is 2.72. The Morgan fingerprint density at radius 3 is 2.56 bits per heavy atom. The Morgan fingerprint density at radius 2 is 2.00 bits per heavy atom. The van der Waals surface area contributed by atoms with Gasteiger partial charge in [-0.15, -0.1) is 0 Å². The van der Waals surface area contributed by atoms with E-state index in [0.717, 1.165) is 19.0 Å². The molecule has 0 aromatic heterocycles. The van der Waals surface area contributed by atoms with E-state index in [4.69, 9.17) is 0 Å². The van der Waals surface area contributed by atoms with Gasteiger partial charge in [-0.1, -0.05) is 6.92 Å². The first-order chi connectivity index (χ1) is 8.56. The minimum absolute atomic E-state index is 0.0988. The second-order valence-electron chi connectivity index (χ2n) is 5.36. The predicted octanol–water partition coefficient (Wildman–Crippen LogP) is 3.13. The van der Waals surface area contributed by atoms with E-state index in [1.54, 1.807) is 12.1 Å². The molecule has 1 saturated heterocycles. The normalized spacial score (nSPS) is 24.4. The van der Waals surface area contributed by atoms with Crippen LogP contribution in [0.3, 0.4) is 0 Å². The van der Waals surface area contributed by atoms with Gasteiger partial charge < -0.3 is 0 Å². The standard InChI is InChI=1S/C15H20FNO/c1-11-9-12(2)17(10-11)8-7-15(18)13-3-5-14(16)6-4-13/h3-6,11-12H,7-10H2,1-2H3. The van der Waals surface area contributed by atoms with Crippen molar-refractivity contribution in [3.8, 4) is 0 Å². The van der Waals surface area contributed by atoms with Gasteiger partial charge in [0.2, 0.25) is 0 Å². The number of benzene rings is 1. The van der Waals surface area contributed by atoms with Crippen molar-refractivity contribution >= 4 is 5.78 Å². The molecule has 2 unspecified atom stereocenters. The second-order valence-corrected chi connectivity index (χ2v) is 5.36. The van der Waals surface area contributed by atoms with Gasteiger partial charge in [0.05, 0.1) is 0 Å². The van der Waals surface area contributed by atoms with Crippen LogP contribution in [0.15, 0.2) is 24.3 Å². The van der Waals surface area contributed by atoms with E-state index in [1.165, 1.54) is 18.6 Å². The van der Waals surface area contributed by atoms with Crippen molar-refractivity contribution in [2.75, 3.05) is 13.1 Å². The smallest absolute Gasteiger partial charge is 0.164 e. The number of halogens is 1. The Kier molecular flexibility index (Phi) is 4.12. The summed E-state index contributed by atoms with van der Waals surface area (Å²) in [5.74, 6) is 0.524. The molecule has 0 radical (unpaired) electrons. The summed E-state index contributed by atoms with van der Waals surface area (Å²) in [6, 6.07) is 6.38. The molecule has 18 heavy (non-hydrogen) atoms. The summed E-state index contributed by atoms with van der Waals surface area (Å²) >= 11 is 0. The molecule has 1 fully saturated rings. The summed E-state index contributed by atoms with van der Waals surface area (Å²) in [6.07, 6.45) is 1.73. The van der Waals surface area contributed by atoms with Crippen molar-refractivity contribution in [3.63, 3.8) is 0 Å². The van der Waals surface area contributed by atoms with Crippen LogP contribution in [0.5, 0.6) is 0 Å². The Morgan fingerprint density at radius 1 is 1.33 bits per heavy atom. The van der Waals surface area contributed by atoms with Crippen LogP contribution < -0.4 is 0 Å². The minimum Gasteiger partial charge on any atom is -0.300 e. The zero-order chi connectivity index (χ0) is 13.1. The van der Waals surface area contributed by atoms with Gasteiger partial charge in [-0.05, 0) is 43.5 Å². The number of ketones is 1. The van der Waals surface area contributed by atoms with E-state index in [1.807, 2.05) is 0 Å². The van der Waals surface area contributed by atoms with Crippen LogP contribution in [0.1, 0.15) is 37.0 Å². The number of nitrogens with zero attached hydrogens (tertiary/aromatic N) is 1. The van der Waals surface area contributed by atoms with E-state index < -0.39 is 0 Å². The van der Waals surface area contributed by atoms with Crippen LogP contribution in [0.4, 0.5) is 4.39 Å². The molecule has 98 valence electrons. The summed E-state index contributed by atoms with van der Waals surface area (Å²) in [7, 11) is 0. The molecule has 1 aromatic carbocycles. The number of Topliss-reactive ketones (excluding diaryl/α,β-unsaturated/α-hetero) is 1. The summed E-state index contributed by atoms with van der Waals surface area (Å²) in [4.78, 5) is 14.3. The van der Waals surface area contributed by atoms with Crippen molar-refractivity contribution in [3.05, 3.63) is 35.6 Å². The first-order valence-corrected chi connectivity index (χ1v) is 6.59. The van der Waals surface area contributed by atoms with Crippen molar-refractivity contribution < 1.29 is 9.18 Å². The molecule has 1 aromatic rings. The van der Waals surface area contributed by atoms with E-state index in [2.05, 4.69) is 18.7 Å². The van der Waals surface area contributed by atoms with Crippen LogP contribution in [-0.4, -0.2) is 29.8 Å². The molecule has 3 heteroatoms. The lowest BCUT2D eigenvalue weighted by Crippen LogP contribution is -2.29. The Hall–Kier alpha value is -1.22. The number of rotatable bonds is 4. The van der Waals surface area contributed by atoms with Gasteiger partial charge in [-0.3, -0.25) is 9.69 Å². The molecule has 0 aliphatic carbocycles. The number of hydrogen-bond acceptors (Lipinski definition) is 2. The first-order valence-electron chi connectivity index (χ1n) is 6.59. The Bertz CT molecular complexity index is 415. The molecule has 0 saturated carbocycles. The highest BCUT2D eigenvalue weighted by Crippen LogP contribution is 2.22. The van der Waals surface area contributed by atoms with Crippen molar-refractivity contribution in [1.82, 2.24) is 4.90 Å². The Balaban J connectivity index is 1.87. The maximum atomic E-state index is 12.8. The van der Waals surface area contributed by atoms with Gasteiger partial charge in [0.1, 0.15) is 5.82 Å². The van der Waals surface area contributed by atoms with Crippen molar-refractivity contribution in [2.45, 2.75) is 32.7 Å². The third-order valence-electron chi connectivity index (χ3n) is 3.71. The zero-order valence-corrected chi connectivity index (χ0v) is 11.0. The lowest BCUT2D eigenvalue weighted by molar-refractivity contribution is 0.0962. The van der Waals surface area contributed by atoms with Gasteiger partial charge in [0.15, 0.2) is 5.78 Å². The zero-order valence-electron chi connectivity index (χ0n) is 11.0. The summed E-state index contributed by atoms with van der Waals surface area (Å²) in [5.41, 5.74) is 0.608. The third kappa shape index (κ3) is 3.16. The molecular formula is C15H20FNO. The van der Waals surface area contributed by atoms with Gasteiger partial charge in [0, 0.05) is 31.1 Å². The SMILES string of the molecule is CC1CC(C)N(CCC(=O)c2ccc(F)cc2)C1. The Labute approximate surface area is 108 Å². The van der Waals surface area contributed by atoms with Gasteiger partial charge in [-0.25, -0.2) is 4.39 Å². The largest absolute Gasteiger partial charge is 0.300 e. The van der Waals surface area contributed by atoms with Gasteiger partial charge in [-0.2, -0.15) is 0 Å². The number of likely N-dealkylation sites (tertiary alicyclic amines) is 1. The molecule has 1 heterocycles. The average Bonchev–Trinajstić information content (AvgIpc) is 2.66. The van der Waals surface area contributed by atoms with Crippen LogP contribution in [-0.2, 0) is 0 Å². The molecule has 2 nitrogen and oxygen atoms in total. The van der Waals surface area contributed by atoms with E-state index in [9.17, 15) is 9.18 Å². The number of carbonyl (C=O) groups excluding carboxylic acids is 1. The maximum Gasteiger partial charge on any atom is 0.164 e. The topological polar surface area (TPSA) is 20.3 Å². The highest BCUT2D eigenvalue weighted by Gasteiger charge is 2.25. The van der Waals surface area contributed by atoms with E-state index in [0.29, 0.717) is 18.0 Å². The molecule has 0 spiro atoms. The molecule has 0 bridgehead atoms. The third-order valence-corrected chi connectivity index (χ3v) is 3.71. The molecule has 1 aliphatic rings. The molecule has 0 N–H and O–H groups in total. The minimum atomic E-state index is -0.298. The van der Waals surface area contributed by atoms with Crippen LogP contribution in [0.25, 0.3) is 0 Å². The second kappa shape index (κ2) is 5.61. The molecular weight excluding hydrogens is 229 g/mol. The lowest BCUT2D eigenvalue weighted by Gasteiger charge is -2.20. The average molecular weight is 249 g/mol. The van der Waals surface area contributed by atoms with E-state index >= 15 is 0 Å². The monoisotopic (exact) mass is 249 g/mol.